The first-order valence-corrected chi connectivity index (χ1v) is 5.49. The zero-order valence-electron chi connectivity index (χ0n) is 8.70. The Morgan fingerprint density at radius 3 is 2.69 bits per heavy atom. The monoisotopic (exact) mass is 245 g/mol. The Kier molecular flexibility index (Phi) is 2.71. The fraction of sp³-hybridized carbons (Fsp3) is 0.444. The number of halogens is 2. The van der Waals surface area contributed by atoms with Crippen molar-refractivity contribution >= 4 is 11.3 Å². The summed E-state index contributed by atoms with van der Waals surface area (Å²) >= 11 is 1.36. The molecular weight excluding hydrogens is 236 g/mol. The third-order valence-corrected chi connectivity index (χ3v) is 3.00. The maximum absolute atomic E-state index is 12.8. The molecular formula is C9H9F2N3OS. The van der Waals surface area contributed by atoms with Crippen molar-refractivity contribution in [2.45, 2.75) is 26.2 Å². The van der Waals surface area contributed by atoms with Crippen LogP contribution in [0.2, 0.25) is 0 Å². The molecule has 0 aromatic carbocycles. The summed E-state index contributed by atoms with van der Waals surface area (Å²) in [5.74, 6) is -3.69. The van der Waals surface area contributed by atoms with Crippen molar-refractivity contribution < 1.29 is 13.2 Å². The lowest BCUT2D eigenvalue weighted by atomic mass is 10.4. The summed E-state index contributed by atoms with van der Waals surface area (Å²) in [5, 5.41) is 7.79. The van der Waals surface area contributed by atoms with Crippen molar-refractivity contribution in [3.63, 3.8) is 0 Å². The number of rotatable bonds is 3. The molecule has 86 valence electrons. The van der Waals surface area contributed by atoms with E-state index in [2.05, 4.69) is 15.2 Å². The van der Waals surface area contributed by atoms with Crippen LogP contribution in [-0.2, 0) is 12.3 Å². The smallest absolute Gasteiger partial charge is 0.321 e. The average Bonchev–Trinajstić information content (AvgIpc) is 2.85. The van der Waals surface area contributed by atoms with Gasteiger partial charge in [0.05, 0.1) is 11.2 Å². The van der Waals surface area contributed by atoms with E-state index in [4.69, 9.17) is 4.42 Å². The molecule has 0 spiro atoms. The van der Waals surface area contributed by atoms with Gasteiger partial charge in [-0.15, -0.1) is 21.5 Å². The van der Waals surface area contributed by atoms with Crippen molar-refractivity contribution in [1.29, 1.82) is 0 Å². The highest BCUT2D eigenvalue weighted by Crippen LogP contribution is 2.30. The molecule has 7 heteroatoms. The second-order valence-corrected chi connectivity index (χ2v) is 4.39. The molecule has 0 fully saturated rings. The van der Waals surface area contributed by atoms with Crippen LogP contribution in [0, 0.1) is 0 Å². The molecule has 0 unspecified atom stereocenters. The van der Waals surface area contributed by atoms with Gasteiger partial charge in [0, 0.05) is 6.92 Å². The molecule has 0 aliphatic carbocycles. The van der Waals surface area contributed by atoms with E-state index in [0.29, 0.717) is 11.8 Å². The van der Waals surface area contributed by atoms with E-state index >= 15 is 0 Å². The van der Waals surface area contributed by atoms with Gasteiger partial charge in [0.25, 0.3) is 11.8 Å². The van der Waals surface area contributed by atoms with Gasteiger partial charge < -0.3 is 4.42 Å². The fourth-order valence-electron chi connectivity index (χ4n) is 1.07. The number of nitrogens with zero attached hydrogens (tertiary/aromatic N) is 3. The predicted octanol–water partition coefficient (Wildman–Crippen LogP) is 2.87. The largest absolute Gasteiger partial charge is 0.414 e. The first-order valence-electron chi connectivity index (χ1n) is 4.67. The first-order chi connectivity index (χ1) is 7.50. The number of hydrogen-bond acceptors (Lipinski definition) is 5. The average molecular weight is 245 g/mol. The van der Waals surface area contributed by atoms with Crippen LogP contribution in [0.5, 0.6) is 0 Å². The summed E-state index contributed by atoms with van der Waals surface area (Å²) in [4.78, 5) is 4.70. The number of aromatic nitrogens is 3. The van der Waals surface area contributed by atoms with Crippen LogP contribution in [0.25, 0.3) is 10.8 Å². The number of aryl methyl sites for hydroxylation is 1. The Morgan fingerprint density at radius 1 is 1.44 bits per heavy atom. The fourth-order valence-corrected chi connectivity index (χ4v) is 1.85. The van der Waals surface area contributed by atoms with E-state index in [1.54, 1.807) is 6.20 Å². The first kappa shape index (κ1) is 11.1. The highest BCUT2D eigenvalue weighted by atomic mass is 32.1. The van der Waals surface area contributed by atoms with E-state index in [9.17, 15) is 8.78 Å². The molecule has 16 heavy (non-hydrogen) atoms. The molecule has 0 bridgehead atoms. The lowest BCUT2D eigenvalue weighted by Gasteiger charge is -2.01. The molecule has 0 atom stereocenters. The molecule has 2 aromatic rings. The molecule has 0 saturated carbocycles. The van der Waals surface area contributed by atoms with Crippen LogP contribution < -0.4 is 0 Å². The predicted molar refractivity (Wildman–Crippen MR) is 54.4 cm³/mol. The molecule has 2 heterocycles. The van der Waals surface area contributed by atoms with E-state index in [-0.39, 0.29) is 5.89 Å². The topological polar surface area (TPSA) is 51.8 Å². The lowest BCUT2D eigenvalue weighted by molar-refractivity contribution is -0.0105. The molecule has 4 nitrogen and oxygen atoms in total. The summed E-state index contributed by atoms with van der Waals surface area (Å²) < 4.78 is 30.6. The number of alkyl halides is 2. The van der Waals surface area contributed by atoms with Crippen molar-refractivity contribution in [2.75, 3.05) is 0 Å². The van der Waals surface area contributed by atoms with Gasteiger partial charge >= 0.3 is 5.92 Å². The third kappa shape index (κ3) is 2.08. The van der Waals surface area contributed by atoms with Crippen LogP contribution in [-0.4, -0.2) is 15.2 Å². The minimum absolute atomic E-state index is 0.0914. The van der Waals surface area contributed by atoms with Crippen molar-refractivity contribution in [2.24, 2.45) is 0 Å². The molecule has 2 aromatic heterocycles. The lowest BCUT2D eigenvalue weighted by Crippen LogP contribution is -2.06. The van der Waals surface area contributed by atoms with Crippen LogP contribution in [0.3, 0.4) is 0 Å². The quantitative estimate of drug-likeness (QED) is 0.834. The van der Waals surface area contributed by atoms with Gasteiger partial charge in [-0.05, 0) is 6.42 Å². The van der Waals surface area contributed by atoms with Crippen LogP contribution in [0.1, 0.15) is 24.7 Å². The summed E-state index contributed by atoms with van der Waals surface area (Å²) in [7, 11) is 0. The second-order valence-electron chi connectivity index (χ2n) is 3.27. The highest BCUT2D eigenvalue weighted by molar-refractivity contribution is 7.15. The standard InChI is InChI=1S/C9H9F2N3OS/c1-3-6-12-4-5(16-6)7-13-14-8(15-7)9(2,10)11/h4H,3H2,1-2H3. The van der Waals surface area contributed by atoms with Crippen molar-refractivity contribution in [3.8, 4) is 10.8 Å². The van der Waals surface area contributed by atoms with E-state index < -0.39 is 11.8 Å². The Bertz CT molecular complexity index is 489. The number of hydrogen-bond donors (Lipinski definition) is 0. The molecule has 0 amide bonds. The maximum Gasteiger partial charge on any atom is 0.321 e. The molecule has 0 N–H and O–H groups in total. The minimum Gasteiger partial charge on any atom is -0.414 e. The molecule has 0 radical (unpaired) electrons. The normalized spacial score (nSPS) is 12.0. The van der Waals surface area contributed by atoms with E-state index in [1.165, 1.54) is 11.3 Å². The van der Waals surface area contributed by atoms with Gasteiger partial charge in [0.15, 0.2) is 0 Å². The maximum atomic E-state index is 12.8. The van der Waals surface area contributed by atoms with Crippen LogP contribution in [0.4, 0.5) is 8.78 Å². The van der Waals surface area contributed by atoms with Crippen LogP contribution >= 0.6 is 11.3 Å². The number of thiazole rings is 1. The van der Waals surface area contributed by atoms with Gasteiger partial charge in [-0.1, -0.05) is 6.92 Å². The van der Waals surface area contributed by atoms with E-state index in [1.807, 2.05) is 6.92 Å². The zero-order valence-corrected chi connectivity index (χ0v) is 9.52. The Balaban J connectivity index is 2.31. The van der Waals surface area contributed by atoms with E-state index in [0.717, 1.165) is 11.4 Å². The van der Waals surface area contributed by atoms with Gasteiger partial charge in [-0.2, -0.15) is 8.78 Å². The second kappa shape index (κ2) is 3.89. The van der Waals surface area contributed by atoms with Crippen LogP contribution in [0.15, 0.2) is 10.6 Å². The third-order valence-electron chi connectivity index (χ3n) is 1.87. The molecule has 0 saturated heterocycles. The van der Waals surface area contributed by atoms with Gasteiger partial charge in [0.2, 0.25) is 0 Å². The zero-order chi connectivity index (χ0) is 11.8. The van der Waals surface area contributed by atoms with Crippen molar-refractivity contribution in [3.05, 3.63) is 17.1 Å². The summed E-state index contributed by atoms with van der Waals surface area (Å²) in [6.45, 7) is 2.68. The Morgan fingerprint density at radius 2 is 2.19 bits per heavy atom. The summed E-state index contributed by atoms with van der Waals surface area (Å²) in [5.41, 5.74) is 0. The molecule has 0 aliphatic rings. The SMILES string of the molecule is CCc1ncc(-c2nnc(C(C)(F)F)o2)s1. The Hall–Kier alpha value is -1.37. The van der Waals surface area contributed by atoms with Gasteiger partial charge in [-0.25, -0.2) is 4.98 Å². The molecule has 0 aliphatic heterocycles. The highest BCUT2D eigenvalue weighted by Gasteiger charge is 2.32. The van der Waals surface area contributed by atoms with Crippen molar-refractivity contribution in [1.82, 2.24) is 15.2 Å². The minimum atomic E-state index is -3.11. The van der Waals surface area contributed by atoms with Gasteiger partial charge in [0.1, 0.15) is 4.88 Å². The molecule has 2 rings (SSSR count). The summed E-state index contributed by atoms with van der Waals surface area (Å²) in [6, 6.07) is 0. The summed E-state index contributed by atoms with van der Waals surface area (Å²) in [6.07, 6.45) is 2.34. The van der Waals surface area contributed by atoms with Gasteiger partial charge in [-0.3, -0.25) is 0 Å². The Labute approximate surface area is 94.3 Å².